The zero-order valence-electron chi connectivity index (χ0n) is 15.6. The molecule has 3 N–H and O–H groups in total. The van der Waals surface area contributed by atoms with Crippen LogP contribution >= 0.6 is 23.2 Å². The molecule has 1 fully saturated rings. The van der Waals surface area contributed by atoms with Gasteiger partial charge in [0.15, 0.2) is 0 Å². The van der Waals surface area contributed by atoms with Crippen LogP contribution < -0.4 is 11.1 Å². The van der Waals surface area contributed by atoms with E-state index in [1.165, 1.54) is 11.1 Å². The largest absolute Gasteiger partial charge is 0.368 e. The van der Waals surface area contributed by atoms with Crippen molar-refractivity contribution in [3.8, 4) is 0 Å². The summed E-state index contributed by atoms with van der Waals surface area (Å²) in [6.07, 6.45) is 3.69. The van der Waals surface area contributed by atoms with E-state index in [2.05, 4.69) is 36.5 Å². The molecule has 0 heterocycles. The van der Waals surface area contributed by atoms with Gasteiger partial charge in [-0.05, 0) is 54.2 Å². The first-order valence-corrected chi connectivity index (χ1v) is 10.2. The average Bonchev–Trinajstić information content (AvgIpc) is 3.14. The van der Waals surface area contributed by atoms with E-state index in [0.29, 0.717) is 11.6 Å². The molecule has 3 nitrogen and oxygen atoms in total. The average molecular weight is 405 g/mol. The Kier molecular flexibility index (Phi) is 6.46. The fourth-order valence-electron chi connectivity index (χ4n) is 4.09. The van der Waals surface area contributed by atoms with Gasteiger partial charge in [-0.15, -0.1) is 0 Å². The molecule has 2 atom stereocenters. The Balaban J connectivity index is 1.86. The van der Waals surface area contributed by atoms with Crippen LogP contribution in [0.15, 0.2) is 48.5 Å². The quantitative estimate of drug-likeness (QED) is 0.660. The molecule has 0 saturated heterocycles. The number of nitrogens with one attached hydrogen (secondary N) is 1. The van der Waals surface area contributed by atoms with Gasteiger partial charge in [-0.2, -0.15) is 0 Å². The number of carbonyl (C=O) groups is 1. The summed E-state index contributed by atoms with van der Waals surface area (Å²) in [5.41, 5.74) is 7.56. The summed E-state index contributed by atoms with van der Waals surface area (Å²) in [6, 6.07) is 15.9. The number of carbonyl (C=O) groups excluding carboxylic acids is 1. The molecule has 3 rings (SSSR count). The van der Waals surface area contributed by atoms with Gasteiger partial charge in [0, 0.05) is 22.5 Å². The summed E-state index contributed by atoms with van der Waals surface area (Å²) < 4.78 is 0. The Morgan fingerprint density at radius 2 is 1.48 bits per heavy atom. The van der Waals surface area contributed by atoms with Crippen LogP contribution in [0, 0.1) is 0 Å². The molecule has 0 aliphatic heterocycles. The lowest BCUT2D eigenvalue weighted by atomic mass is 9.81. The van der Waals surface area contributed by atoms with Gasteiger partial charge in [-0.3, -0.25) is 4.79 Å². The molecule has 1 amide bonds. The SMILES string of the molecule is CC(c1ccc(Cl)cc1)C(CNC1(C(N)=O)CCCC1)c1ccc(Cl)cc1. The van der Waals surface area contributed by atoms with Crippen molar-refractivity contribution in [1.82, 2.24) is 5.32 Å². The van der Waals surface area contributed by atoms with Gasteiger partial charge in [-0.25, -0.2) is 0 Å². The fraction of sp³-hybridized carbons (Fsp3) is 0.409. The van der Waals surface area contributed by atoms with Gasteiger partial charge < -0.3 is 11.1 Å². The molecule has 27 heavy (non-hydrogen) atoms. The number of halogens is 2. The lowest BCUT2D eigenvalue weighted by molar-refractivity contribution is -0.124. The maximum atomic E-state index is 12.1. The normalized spacial score (nSPS) is 18.2. The molecular formula is C22H26Cl2N2O. The topological polar surface area (TPSA) is 55.1 Å². The van der Waals surface area contributed by atoms with Gasteiger partial charge in [-0.1, -0.05) is 67.2 Å². The van der Waals surface area contributed by atoms with Crippen molar-refractivity contribution in [1.29, 1.82) is 0 Å². The van der Waals surface area contributed by atoms with Crippen LogP contribution in [0.2, 0.25) is 10.0 Å². The van der Waals surface area contributed by atoms with Crippen LogP contribution in [-0.2, 0) is 4.79 Å². The molecule has 0 spiro atoms. The van der Waals surface area contributed by atoms with Crippen molar-refractivity contribution in [2.45, 2.75) is 50.0 Å². The van der Waals surface area contributed by atoms with Crippen LogP contribution in [0.4, 0.5) is 0 Å². The number of rotatable bonds is 7. The van der Waals surface area contributed by atoms with Crippen molar-refractivity contribution in [2.75, 3.05) is 6.54 Å². The third-order valence-electron chi connectivity index (χ3n) is 5.89. The first kappa shape index (κ1) is 20.2. The molecule has 1 saturated carbocycles. The Morgan fingerprint density at radius 3 is 1.96 bits per heavy atom. The Labute approximate surface area is 171 Å². The number of nitrogens with two attached hydrogens (primary N) is 1. The Morgan fingerprint density at radius 1 is 1.00 bits per heavy atom. The molecule has 5 heteroatoms. The number of benzene rings is 2. The zero-order chi connectivity index (χ0) is 19.4. The van der Waals surface area contributed by atoms with E-state index in [4.69, 9.17) is 28.9 Å². The van der Waals surface area contributed by atoms with Crippen molar-refractivity contribution in [3.63, 3.8) is 0 Å². The highest BCUT2D eigenvalue weighted by atomic mass is 35.5. The highest BCUT2D eigenvalue weighted by molar-refractivity contribution is 6.30. The van der Waals surface area contributed by atoms with E-state index >= 15 is 0 Å². The summed E-state index contributed by atoms with van der Waals surface area (Å²) in [5, 5.41) is 4.98. The second kappa shape index (κ2) is 8.64. The summed E-state index contributed by atoms with van der Waals surface area (Å²) >= 11 is 12.1. The highest BCUT2D eigenvalue weighted by Gasteiger charge is 2.39. The van der Waals surface area contributed by atoms with Crippen LogP contribution in [0.1, 0.15) is 55.6 Å². The van der Waals surface area contributed by atoms with Crippen molar-refractivity contribution in [3.05, 3.63) is 69.7 Å². The van der Waals surface area contributed by atoms with Gasteiger partial charge >= 0.3 is 0 Å². The van der Waals surface area contributed by atoms with Gasteiger partial charge in [0.05, 0.1) is 5.54 Å². The molecule has 2 unspecified atom stereocenters. The molecular weight excluding hydrogens is 379 g/mol. The molecule has 0 bridgehead atoms. The predicted octanol–water partition coefficient (Wildman–Crippen LogP) is 5.27. The van der Waals surface area contributed by atoms with E-state index in [9.17, 15) is 4.79 Å². The third kappa shape index (κ3) is 4.66. The molecule has 0 radical (unpaired) electrons. The first-order chi connectivity index (χ1) is 12.9. The van der Waals surface area contributed by atoms with E-state index in [-0.39, 0.29) is 17.7 Å². The number of hydrogen-bond acceptors (Lipinski definition) is 2. The summed E-state index contributed by atoms with van der Waals surface area (Å²) in [5.74, 6) is 0.177. The first-order valence-electron chi connectivity index (χ1n) is 9.47. The monoisotopic (exact) mass is 404 g/mol. The van der Waals surface area contributed by atoms with Crippen molar-refractivity contribution >= 4 is 29.1 Å². The van der Waals surface area contributed by atoms with E-state index in [0.717, 1.165) is 30.7 Å². The smallest absolute Gasteiger partial charge is 0.237 e. The van der Waals surface area contributed by atoms with Crippen LogP contribution in [-0.4, -0.2) is 18.0 Å². The maximum Gasteiger partial charge on any atom is 0.237 e. The molecule has 2 aromatic carbocycles. The van der Waals surface area contributed by atoms with E-state index in [1.807, 2.05) is 24.3 Å². The zero-order valence-corrected chi connectivity index (χ0v) is 17.1. The molecule has 1 aliphatic carbocycles. The minimum Gasteiger partial charge on any atom is -0.368 e. The molecule has 2 aromatic rings. The van der Waals surface area contributed by atoms with E-state index in [1.54, 1.807) is 0 Å². The lowest BCUT2D eigenvalue weighted by Gasteiger charge is -2.32. The number of primary amides is 1. The van der Waals surface area contributed by atoms with Gasteiger partial charge in [0.25, 0.3) is 0 Å². The van der Waals surface area contributed by atoms with Crippen LogP contribution in [0.5, 0.6) is 0 Å². The Hall–Kier alpha value is -1.55. The number of amides is 1. The summed E-state index contributed by atoms with van der Waals surface area (Å²) in [7, 11) is 0. The standard InChI is InChI=1S/C22H26Cl2N2O/c1-15(16-4-8-18(23)9-5-16)20(17-6-10-19(24)11-7-17)14-26-22(21(25)27)12-2-3-13-22/h4-11,15,20,26H,2-3,12-14H2,1H3,(H2,25,27). The van der Waals surface area contributed by atoms with Crippen molar-refractivity contribution < 1.29 is 4.79 Å². The lowest BCUT2D eigenvalue weighted by Crippen LogP contribution is -2.54. The van der Waals surface area contributed by atoms with Crippen molar-refractivity contribution in [2.24, 2.45) is 5.73 Å². The predicted molar refractivity (Wildman–Crippen MR) is 112 cm³/mol. The van der Waals surface area contributed by atoms with Crippen LogP contribution in [0.25, 0.3) is 0 Å². The second-order valence-electron chi connectivity index (χ2n) is 7.53. The van der Waals surface area contributed by atoms with Crippen LogP contribution in [0.3, 0.4) is 0 Å². The summed E-state index contributed by atoms with van der Waals surface area (Å²) in [4.78, 5) is 12.1. The minimum atomic E-state index is -0.579. The maximum absolute atomic E-state index is 12.1. The molecule has 0 aromatic heterocycles. The fourth-order valence-corrected chi connectivity index (χ4v) is 4.34. The Bertz CT molecular complexity index is 768. The minimum absolute atomic E-state index is 0.181. The van der Waals surface area contributed by atoms with Gasteiger partial charge in [0.2, 0.25) is 5.91 Å². The van der Waals surface area contributed by atoms with E-state index < -0.39 is 5.54 Å². The van der Waals surface area contributed by atoms with Gasteiger partial charge in [0.1, 0.15) is 0 Å². The summed E-state index contributed by atoms with van der Waals surface area (Å²) in [6.45, 7) is 2.88. The molecule has 1 aliphatic rings. The highest BCUT2D eigenvalue weighted by Crippen LogP contribution is 2.36. The second-order valence-corrected chi connectivity index (χ2v) is 8.41. The third-order valence-corrected chi connectivity index (χ3v) is 6.39. The molecule has 144 valence electrons. The number of hydrogen-bond donors (Lipinski definition) is 2.